The second-order valence-corrected chi connectivity index (χ2v) is 6.14. The standard InChI is InChI=1S/C18H18ClN3O5/c1-21(18(24)9-12-5-3-4-6-15(12)22(25)26)11-17(23)20-14-10-13(19)7-8-16(14)27-2/h3-8,10H,9,11H2,1-2H3,(H,20,23). The van der Waals surface area contributed by atoms with Gasteiger partial charge in [-0.15, -0.1) is 0 Å². The van der Waals surface area contributed by atoms with Gasteiger partial charge in [-0.1, -0.05) is 29.8 Å². The number of nitro benzene ring substituents is 1. The Morgan fingerprint density at radius 2 is 1.96 bits per heavy atom. The predicted octanol–water partition coefficient (Wildman–Crippen LogP) is 2.90. The highest BCUT2D eigenvalue weighted by Gasteiger charge is 2.19. The van der Waals surface area contributed by atoms with Gasteiger partial charge >= 0.3 is 0 Å². The van der Waals surface area contributed by atoms with E-state index in [9.17, 15) is 19.7 Å². The third kappa shape index (κ3) is 5.42. The van der Waals surface area contributed by atoms with E-state index in [-0.39, 0.29) is 24.2 Å². The van der Waals surface area contributed by atoms with Crippen LogP contribution in [0.1, 0.15) is 5.56 Å². The molecule has 2 aromatic carbocycles. The Morgan fingerprint density at radius 1 is 1.26 bits per heavy atom. The topological polar surface area (TPSA) is 102 Å². The lowest BCUT2D eigenvalue weighted by atomic mass is 10.1. The molecular weight excluding hydrogens is 374 g/mol. The lowest BCUT2D eigenvalue weighted by Crippen LogP contribution is -2.36. The number of benzene rings is 2. The van der Waals surface area contributed by atoms with Crippen molar-refractivity contribution in [1.82, 2.24) is 4.90 Å². The summed E-state index contributed by atoms with van der Waals surface area (Å²) in [5, 5.41) is 14.1. The number of anilines is 1. The molecule has 1 N–H and O–H groups in total. The van der Waals surface area contributed by atoms with Crippen LogP contribution in [0.2, 0.25) is 5.02 Å². The first-order valence-electron chi connectivity index (χ1n) is 7.91. The molecular formula is C18H18ClN3O5. The highest BCUT2D eigenvalue weighted by atomic mass is 35.5. The van der Waals surface area contributed by atoms with Crippen molar-refractivity contribution in [2.45, 2.75) is 6.42 Å². The highest BCUT2D eigenvalue weighted by molar-refractivity contribution is 6.31. The minimum atomic E-state index is -0.541. The molecule has 0 saturated carbocycles. The van der Waals surface area contributed by atoms with Gasteiger partial charge in [-0.3, -0.25) is 19.7 Å². The molecule has 2 rings (SSSR count). The zero-order valence-corrected chi connectivity index (χ0v) is 15.5. The quantitative estimate of drug-likeness (QED) is 0.577. The number of ether oxygens (including phenoxy) is 1. The van der Waals surface area contributed by atoms with Crippen LogP contribution in [0.4, 0.5) is 11.4 Å². The molecule has 0 radical (unpaired) electrons. The second-order valence-electron chi connectivity index (χ2n) is 5.71. The molecule has 2 amide bonds. The Kier molecular flexibility index (Phi) is 6.73. The number of likely N-dealkylation sites (N-methyl/N-ethyl adjacent to an activating group) is 1. The number of hydrogen-bond donors (Lipinski definition) is 1. The van der Waals surface area contributed by atoms with Crippen molar-refractivity contribution in [3.05, 3.63) is 63.2 Å². The van der Waals surface area contributed by atoms with Gasteiger partial charge in [0.05, 0.1) is 30.7 Å². The van der Waals surface area contributed by atoms with Gasteiger partial charge in [0, 0.05) is 23.7 Å². The summed E-state index contributed by atoms with van der Waals surface area (Å²) in [6.07, 6.45) is -0.179. The summed E-state index contributed by atoms with van der Waals surface area (Å²) >= 11 is 5.92. The van der Waals surface area contributed by atoms with Crippen molar-refractivity contribution < 1.29 is 19.2 Å². The largest absolute Gasteiger partial charge is 0.495 e. The van der Waals surface area contributed by atoms with Crippen molar-refractivity contribution in [2.24, 2.45) is 0 Å². The van der Waals surface area contributed by atoms with Crippen molar-refractivity contribution in [1.29, 1.82) is 0 Å². The molecule has 142 valence electrons. The smallest absolute Gasteiger partial charge is 0.273 e. The Morgan fingerprint density at radius 3 is 2.63 bits per heavy atom. The number of halogens is 1. The minimum Gasteiger partial charge on any atom is -0.495 e. The van der Waals surface area contributed by atoms with E-state index in [2.05, 4.69) is 5.32 Å². The highest BCUT2D eigenvalue weighted by Crippen LogP contribution is 2.27. The van der Waals surface area contributed by atoms with Crippen LogP contribution < -0.4 is 10.1 Å². The van der Waals surface area contributed by atoms with Gasteiger partial charge in [0.2, 0.25) is 11.8 Å². The first-order valence-corrected chi connectivity index (χ1v) is 8.29. The maximum absolute atomic E-state index is 12.3. The number of carbonyl (C=O) groups excluding carboxylic acids is 2. The van der Waals surface area contributed by atoms with Crippen LogP contribution in [-0.2, 0) is 16.0 Å². The van der Waals surface area contributed by atoms with Crippen LogP contribution in [0.3, 0.4) is 0 Å². The normalized spacial score (nSPS) is 10.2. The summed E-state index contributed by atoms with van der Waals surface area (Å²) in [5.74, 6) is -0.437. The molecule has 0 heterocycles. The molecule has 0 unspecified atom stereocenters. The molecule has 0 saturated heterocycles. The van der Waals surface area contributed by atoms with Crippen LogP contribution in [0.5, 0.6) is 5.75 Å². The summed E-state index contributed by atoms with van der Waals surface area (Å²) in [7, 11) is 2.91. The molecule has 8 nitrogen and oxygen atoms in total. The first kappa shape index (κ1) is 20.2. The maximum atomic E-state index is 12.3. The van der Waals surface area contributed by atoms with Crippen molar-refractivity contribution >= 4 is 34.8 Å². The number of nitrogens with zero attached hydrogens (tertiary/aromatic N) is 2. The molecule has 2 aromatic rings. The van der Waals surface area contributed by atoms with Gasteiger partial charge in [-0.25, -0.2) is 0 Å². The molecule has 9 heteroatoms. The number of nitro groups is 1. The van der Waals surface area contributed by atoms with Crippen LogP contribution in [0.25, 0.3) is 0 Å². The predicted molar refractivity (Wildman–Crippen MR) is 101 cm³/mol. The summed E-state index contributed by atoms with van der Waals surface area (Å²) in [6, 6.07) is 10.8. The van der Waals surface area contributed by atoms with E-state index in [1.54, 1.807) is 18.2 Å². The summed E-state index contributed by atoms with van der Waals surface area (Å²) < 4.78 is 5.15. The van der Waals surface area contributed by atoms with Crippen molar-refractivity contribution in [2.75, 3.05) is 26.0 Å². The van der Waals surface area contributed by atoms with Crippen molar-refractivity contribution in [3.8, 4) is 5.75 Å². The number of rotatable bonds is 7. The molecule has 27 heavy (non-hydrogen) atoms. The van der Waals surface area contributed by atoms with E-state index in [1.807, 2.05) is 0 Å². The van der Waals surface area contributed by atoms with E-state index >= 15 is 0 Å². The van der Waals surface area contributed by atoms with Gasteiger partial charge in [-0.05, 0) is 18.2 Å². The fourth-order valence-electron chi connectivity index (χ4n) is 2.41. The summed E-state index contributed by atoms with van der Waals surface area (Å²) in [5.41, 5.74) is 0.540. The van der Waals surface area contributed by atoms with Gasteiger partial charge in [-0.2, -0.15) is 0 Å². The fourth-order valence-corrected chi connectivity index (χ4v) is 2.58. The van der Waals surface area contributed by atoms with Crippen LogP contribution >= 0.6 is 11.6 Å². The zero-order valence-electron chi connectivity index (χ0n) is 14.8. The number of nitrogens with one attached hydrogen (secondary N) is 1. The SMILES string of the molecule is COc1ccc(Cl)cc1NC(=O)CN(C)C(=O)Cc1ccccc1[N+](=O)[O-]. The second kappa shape index (κ2) is 9.00. The molecule has 0 bridgehead atoms. The van der Waals surface area contributed by atoms with E-state index in [1.165, 1.54) is 43.3 Å². The average molecular weight is 392 g/mol. The van der Waals surface area contributed by atoms with Gasteiger partial charge < -0.3 is 15.0 Å². The van der Waals surface area contributed by atoms with Crippen molar-refractivity contribution in [3.63, 3.8) is 0 Å². The maximum Gasteiger partial charge on any atom is 0.273 e. The summed E-state index contributed by atoms with van der Waals surface area (Å²) in [6.45, 7) is -0.227. The van der Waals surface area contributed by atoms with Crippen LogP contribution in [0.15, 0.2) is 42.5 Å². The number of methoxy groups -OCH3 is 1. The molecule has 0 aliphatic carbocycles. The fraction of sp³-hybridized carbons (Fsp3) is 0.222. The lowest BCUT2D eigenvalue weighted by molar-refractivity contribution is -0.385. The van der Waals surface area contributed by atoms with Crippen LogP contribution in [0, 0.1) is 10.1 Å². The number of hydrogen-bond acceptors (Lipinski definition) is 5. The molecule has 0 fully saturated rings. The van der Waals surface area contributed by atoms with E-state index < -0.39 is 16.7 Å². The van der Waals surface area contributed by atoms with E-state index in [4.69, 9.17) is 16.3 Å². The van der Waals surface area contributed by atoms with Gasteiger partial charge in [0.1, 0.15) is 5.75 Å². The molecule has 0 aliphatic heterocycles. The molecule has 0 spiro atoms. The Bertz CT molecular complexity index is 872. The number of carbonyl (C=O) groups is 2. The average Bonchev–Trinajstić information content (AvgIpc) is 2.62. The van der Waals surface area contributed by atoms with Crippen LogP contribution in [-0.4, -0.2) is 42.3 Å². The number of amides is 2. The monoisotopic (exact) mass is 391 g/mol. The minimum absolute atomic E-state index is 0.132. The molecule has 0 atom stereocenters. The first-order chi connectivity index (χ1) is 12.8. The third-order valence-electron chi connectivity index (χ3n) is 3.77. The van der Waals surface area contributed by atoms with E-state index in [0.29, 0.717) is 16.5 Å². The van der Waals surface area contributed by atoms with Gasteiger partial charge in [0.15, 0.2) is 0 Å². The summed E-state index contributed by atoms with van der Waals surface area (Å²) in [4.78, 5) is 36.2. The Labute approximate surface area is 160 Å². The Hall–Kier alpha value is -3.13. The lowest BCUT2D eigenvalue weighted by Gasteiger charge is -2.17. The zero-order chi connectivity index (χ0) is 20.0. The molecule has 0 aromatic heterocycles. The Balaban J connectivity index is 2.01. The van der Waals surface area contributed by atoms with Gasteiger partial charge in [0.25, 0.3) is 5.69 Å². The molecule has 0 aliphatic rings. The third-order valence-corrected chi connectivity index (χ3v) is 4.01. The number of para-hydroxylation sites is 1. The van der Waals surface area contributed by atoms with E-state index in [0.717, 1.165) is 0 Å².